The van der Waals surface area contributed by atoms with E-state index in [1.54, 1.807) is 0 Å². The normalized spacial score (nSPS) is 28.4. The van der Waals surface area contributed by atoms with Crippen LogP contribution in [0, 0.1) is 11.3 Å². The van der Waals surface area contributed by atoms with E-state index in [1.807, 2.05) is 0 Å². The van der Waals surface area contributed by atoms with Gasteiger partial charge < -0.3 is 15.4 Å². The van der Waals surface area contributed by atoms with E-state index in [0.717, 1.165) is 51.5 Å². The zero-order valence-electron chi connectivity index (χ0n) is 16.6. The van der Waals surface area contributed by atoms with Crippen LogP contribution in [0.2, 0.25) is 0 Å². The van der Waals surface area contributed by atoms with Crippen molar-refractivity contribution in [2.45, 2.75) is 38.6 Å². The maximum atomic E-state index is 13.1. The van der Waals surface area contributed by atoms with Crippen molar-refractivity contribution in [2.24, 2.45) is 11.3 Å². The summed E-state index contributed by atoms with van der Waals surface area (Å²) in [6.45, 7) is 7.66. The predicted octanol–water partition coefficient (Wildman–Crippen LogP) is 3.64. The average molecular weight is 430 g/mol. The number of rotatable bonds is 4. The van der Waals surface area contributed by atoms with Gasteiger partial charge in [0.1, 0.15) is 0 Å². The van der Waals surface area contributed by atoms with Gasteiger partial charge in [0.15, 0.2) is 0 Å². The number of ether oxygens (including phenoxy) is 1. The number of halogens is 2. The number of nitrogens with one attached hydrogen (secondary N) is 2. The molecule has 1 amide bonds. The first kappa shape index (κ1) is 23.4. The SMILES string of the molecule is CC(c1ccc(NC(=O)[C@@]23CCCC[C@H]2CNC3)cc1)N1CCOCC1.Cl.Cl. The minimum absolute atomic E-state index is 0. The molecule has 7 heteroatoms. The first-order valence-electron chi connectivity index (χ1n) is 10.1. The highest BCUT2D eigenvalue weighted by Crippen LogP contribution is 2.44. The lowest BCUT2D eigenvalue weighted by atomic mass is 9.67. The standard InChI is InChI=1S/C21H31N3O2.2ClH/c1-16(24-10-12-26-13-11-24)17-5-7-19(8-6-17)23-20(25)21-9-3-2-4-18(21)14-22-15-21;;/h5-8,16,18,22H,2-4,9-15H2,1H3,(H,23,25);2*1H/t16?,18-,21+;;/m0../s1. The Morgan fingerprint density at radius 1 is 1.21 bits per heavy atom. The van der Waals surface area contributed by atoms with Crippen molar-refractivity contribution in [3.05, 3.63) is 29.8 Å². The molecule has 2 N–H and O–H groups in total. The van der Waals surface area contributed by atoms with Crippen LogP contribution in [0.15, 0.2) is 24.3 Å². The van der Waals surface area contributed by atoms with Crippen molar-refractivity contribution in [3.8, 4) is 0 Å². The fraction of sp³-hybridized carbons (Fsp3) is 0.667. The molecule has 3 fully saturated rings. The largest absolute Gasteiger partial charge is 0.379 e. The fourth-order valence-electron chi connectivity index (χ4n) is 4.97. The smallest absolute Gasteiger partial charge is 0.232 e. The van der Waals surface area contributed by atoms with Crippen LogP contribution in [0.1, 0.15) is 44.2 Å². The Labute approximate surface area is 180 Å². The summed E-state index contributed by atoms with van der Waals surface area (Å²) in [5, 5.41) is 6.66. The van der Waals surface area contributed by atoms with E-state index < -0.39 is 0 Å². The van der Waals surface area contributed by atoms with E-state index >= 15 is 0 Å². The molecule has 0 bridgehead atoms. The van der Waals surface area contributed by atoms with E-state index in [1.165, 1.54) is 24.8 Å². The van der Waals surface area contributed by atoms with Crippen molar-refractivity contribution >= 4 is 36.4 Å². The Morgan fingerprint density at radius 2 is 1.93 bits per heavy atom. The van der Waals surface area contributed by atoms with Gasteiger partial charge in [-0.2, -0.15) is 0 Å². The molecule has 1 unspecified atom stereocenters. The van der Waals surface area contributed by atoms with Gasteiger partial charge in [0.05, 0.1) is 18.6 Å². The first-order chi connectivity index (χ1) is 12.7. The Morgan fingerprint density at radius 3 is 2.64 bits per heavy atom. The predicted molar refractivity (Wildman–Crippen MR) is 118 cm³/mol. The van der Waals surface area contributed by atoms with Crippen molar-refractivity contribution in [2.75, 3.05) is 44.7 Å². The summed E-state index contributed by atoms with van der Waals surface area (Å²) in [6.07, 6.45) is 4.62. The highest BCUT2D eigenvalue weighted by Gasteiger charge is 2.49. The number of carbonyl (C=O) groups excluding carboxylic acids is 1. The molecular formula is C21H33Cl2N3O2. The summed E-state index contributed by atoms with van der Waals surface area (Å²) in [6, 6.07) is 8.79. The molecular weight excluding hydrogens is 397 g/mol. The van der Waals surface area contributed by atoms with E-state index in [2.05, 4.69) is 46.7 Å². The van der Waals surface area contributed by atoms with Crippen LogP contribution >= 0.6 is 24.8 Å². The van der Waals surface area contributed by atoms with E-state index in [9.17, 15) is 4.79 Å². The fourth-order valence-corrected chi connectivity index (χ4v) is 4.97. The van der Waals surface area contributed by atoms with E-state index in [0.29, 0.717) is 12.0 Å². The van der Waals surface area contributed by atoms with Crippen LogP contribution in [-0.2, 0) is 9.53 Å². The van der Waals surface area contributed by atoms with Gasteiger partial charge in [0, 0.05) is 31.4 Å². The molecule has 1 aromatic carbocycles. The third-order valence-electron chi connectivity index (χ3n) is 6.73. The van der Waals surface area contributed by atoms with Crippen LogP contribution in [0.3, 0.4) is 0 Å². The molecule has 3 atom stereocenters. The van der Waals surface area contributed by atoms with Crippen molar-refractivity contribution in [1.29, 1.82) is 0 Å². The molecule has 0 spiro atoms. The second kappa shape index (κ2) is 10.3. The highest BCUT2D eigenvalue weighted by molar-refractivity contribution is 5.96. The number of fused-ring (bicyclic) bond motifs is 1. The van der Waals surface area contributed by atoms with E-state index in [4.69, 9.17) is 4.74 Å². The lowest BCUT2D eigenvalue weighted by Gasteiger charge is -2.37. The van der Waals surface area contributed by atoms with Crippen LogP contribution in [-0.4, -0.2) is 50.2 Å². The lowest BCUT2D eigenvalue weighted by Crippen LogP contribution is -2.44. The van der Waals surface area contributed by atoms with Gasteiger partial charge in [-0.1, -0.05) is 25.0 Å². The number of carbonyl (C=O) groups is 1. The summed E-state index contributed by atoms with van der Waals surface area (Å²) < 4.78 is 5.45. The van der Waals surface area contributed by atoms with Crippen molar-refractivity contribution in [3.63, 3.8) is 0 Å². The molecule has 1 aliphatic carbocycles. The number of benzene rings is 1. The van der Waals surface area contributed by atoms with Crippen LogP contribution in [0.5, 0.6) is 0 Å². The molecule has 158 valence electrons. The topological polar surface area (TPSA) is 53.6 Å². The average Bonchev–Trinajstić information content (AvgIpc) is 3.14. The number of anilines is 1. The molecule has 2 heterocycles. The highest BCUT2D eigenvalue weighted by atomic mass is 35.5. The first-order valence-corrected chi connectivity index (χ1v) is 10.1. The molecule has 1 saturated carbocycles. The van der Waals surface area contributed by atoms with Crippen molar-refractivity contribution < 1.29 is 9.53 Å². The second-order valence-electron chi connectivity index (χ2n) is 8.13. The molecule has 28 heavy (non-hydrogen) atoms. The maximum Gasteiger partial charge on any atom is 0.232 e. The second-order valence-corrected chi connectivity index (χ2v) is 8.13. The van der Waals surface area contributed by atoms with Gasteiger partial charge >= 0.3 is 0 Å². The summed E-state index contributed by atoms with van der Waals surface area (Å²) in [7, 11) is 0. The third kappa shape index (κ3) is 4.65. The van der Waals surface area contributed by atoms with Gasteiger partial charge in [-0.25, -0.2) is 0 Å². The van der Waals surface area contributed by atoms with Gasteiger partial charge in [0.2, 0.25) is 5.91 Å². The Bertz CT molecular complexity index is 637. The van der Waals surface area contributed by atoms with Crippen molar-refractivity contribution in [1.82, 2.24) is 10.2 Å². The summed E-state index contributed by atoms with van der Waals surface area (Å²) in [5.41, 5.74) is 2.01. The van der Waals surface area contributed by atoms with Crippen LogP contribution in [0.25, 0.3) is 0 Å². The number of hydrogen-bond acceptors (Lipinski definition) is 4. The molecule has 4 rings (SSSR count). The molecule has 1 aromatic rings. The zero-order valence-corrected chi connectivity index (χ0v) is 18.2. The molecule has 2 aliphatic heterocycles. The molecule has 3 aliphatic rings. The van der Waals surface area contributed by atoms with E-state index in [-0.39, 0.29) is 36.1 Å². The molecule has 2 saturated heterocycles. The Balaban J connectivity index is 0.00000140. The van der Waals surface area contributed by atoms with Crippen LogP contribution in [0.4, 0.5) is 5.69 Å². The minimum Gasteiger partial charge on any atom is -0.379 e. The van der Waals surface area contributed by atoms with Gasteiger partial charge in [0.25, 0.3) is 0 Å². The quantitative estimate of drug-likeness (QED) is 0.766. The molecule has 0 radical (unpaired) electrons. The van der Waals surface area contributed by atoms with Crippen LogP contribution < -0.4 is 10.6 Å². The van der Waals surface area contributed by atoms with Gasteiger partial charge in [-0.05, 0) is 49.9 Å². The molecule has 0 aromatic heterocycles. The molecule has 5 nitrogen and oxygen atoms in total. The number of nitrogens with zero attached hydrogens (tertiary/aromatic N) is 1. The number of morpholine rings is 1. The summed E-state index contributed by atoms with van der Waals surface area (Å²) >= 11 is 0. The summed E-state index contributed by atoms with van der Waals surface area (Å²) in [5.74, 6) is 0.707. The lowest BCUT2D eigenvalue weighted by molar-refractivity contribution is -0.128. The number of hydrogen-bond donors (Lipinski definition) is 2. The third-order valence-corrected chi connectivity index (χ3v) is 6.73. The zero-order chi connectivity index (χ0) is 18.0. The monoisotopic (exact) mass is 429 g/mol. The minimum atomic E-state index is -0.196. The van der Waals surface area contributed by atoms with Gasteiger partial charge in [-0.3, -0.25) is 9.69 Å². The van der Waals surface area contributed by atoms with Gasteiger partial charge in [-0.15, -0.1) is 24.8 Å². The summed E-state index contributed by atoms with van der Waals surface area (Å²) in [4.78, 5) is 15.5. The Kier molecular flexibility index (Phi) is 8.59. The Hall–Kier alpha value is -0.850. The number of amides is 1. The maximum absolute atomic E-state index is 13.1.